The van der Waals surface area contributed by atoms with E-state index in [0.717, 1.165) is 38.5 Å². The molecule has 1 heterocycles. The van der Waals surface area contributed by atoms with Gasteiger partial charge in [-0.1, -0.05) is 50.7 Å². The second-order valence-electron chi connectivity index (χ2n) is 5.69. The highest BCUT2D eigenvalue weighted by molar-refractivity contribution is 7.94. The van der Waals surface area contributed by atoms with E-state index in [9.17, 15) is 13.2 Å². The molecule has 1 saturated carbocycles. The SMILES string of the molecule is O=C1NCC=CC=C1S(=O)(=O)NC1CCCCCCCC1. The molecule has 1 aliphatic carbocycles. The number of nitrogens with one attached hydrogen (secondary N) is 2. The highest BCUT2D eigenvalue weighted by Crippen LogP contribution is 2.19. The van der Waals surface area contributed by atoms with Crippen molar-refractivity contribution in [1.82, 2.24) is 10.0 Å². The van der Waals surface area contributed by atoms with Gasteiger partial charge in [0.2, 0.25) is 10.0 Å². The van der Waals surface area contributed by atoms with Crippen molar-refractivity contribution in [3.63, 3.8) is 0 Å². The number of carbonyl (C=O) groups excluding carboxylic acids is 1. The van der Waals surface area contributed by atoms with E-state index in [1.807, 2.05) is 0 Å². The Labute approximate surface area is 126 Å². The summed E-state index contributed by atoms with van der Waals surface area (Å²) in [6, 6.07) is -0.0611. The van der Waals surface area contributed by atoms with Crippen molar-refractivity contribution in [2.75, 3.05) is 6.54 Å². The third-order valence-electron chi connectivity index (χ3n) is 3.95. The van der Waals surface area contributed by atoms with E-state index in [4.69, 9.17) is 0 Å². The monoisotopic (exact) mass is 312 g/mol. The molecule has 0 radical (unpaired) electrons. The highest BCUT2D eigenvalue weighted by Gasteiger charge is 2.27. The van der Waals surface area contributed by atoms with Gasteiger partial charge in [0.1, 0.15) is 4.91 Å². The summed E-state index contributed by atoms with van der Waals surface area (Å²) in [7, 11) is -3.75. The van der Waals surface area contributed by atoms with Crippen molar-refractivity contribution < 1.29 is 13.2 Å². The van der Waals surface area contributed by atoms with E-state index in [1.54, 1.807) is 12.2 Å². The van der Waals surface area contributed by atoms with E-state index in [-0.39, 0.29) is 10.9 Å². The molecule has 0 spiro atoms. The summed E-state index contributed by atoms with van der Waals surface area (Å²) in [5.74, 6) is -0.532. The average molecular weight is 312 g/mol. The number of rotatable bonds is 3. The van der Waals surface area contributed by atoms with E-state index in [0.29, 0.717) is 6.54 Å². The molecule has 1 aliphatic heterocycles. The Kier molecular flexibility index (Phi) is 5.99. The minimum atomic E-state index is -3.75. The maximum Gasteiger partial charge on any atom is 0.264 e. The number of hydrogen-bond donors (Lipinski definition) is 2. The molecule has 0 aromatic carbocycles. The Bertz CT molecular complexity index is 513. The van der Waals surface area contributed by atoms with Gasteiger partial charge in [-0.25, -0.2) is 13.1 Å². The van der Waals surface area contributed by atoms with Crippen molar-refractivity contribution in [3.05, 3.63) is 23.1 Å². The zero-order chi connectivity index (χ0) is 15.1. The Morgan fingerprint density at radius 1 is 1.05 bits per heavy atom. The predicted molar refractivity (Wildman–Crippen MR) is 83.0 cm³/mol. The molecule has 6 heteroatoms. The van der Waals surface area contributed by atoms with Gasteiger partial charge in [0.05, 0.1) is 0 Å². The van der Waals surface area contributed by atoms with Crippen molar-refractivity contribution >= 4 is 15.9 Å². The first-order chi connectivity index (χ1) is 10.1. The van der Waals surface area contributed by atoms with Crippen molar-refractivity contribution in [2.45, 2.75) is 57.4 Å². The molecule has 0 aromatic heterocycles. The normalized spacial score (nSPS) is 22.5. The second-order valence-corrected chi connectivity index (χ2v) is 7.37. The van der Waals surface area contributed by atoms with Gasteiger partial charge in [0.25, 0.3) is 5.91 Å². The van der Waals surface area contributed by atoms with Gasteiger partial charge in [-0.3, -0.25) is 4.79 Å². The van der Waals surface area contributed by atoms with Gasteiger partial charge < -0.3 is 5.32 Å². The van der Waals surface area contributed by atoms with E-state index < -0.39 is 15.9 Å². The van der Waals surface area contributed by atoms with Crippen LogP contribution in [0.25, 0.3) is 0 Å². The van der Waals surface area contributed by atoms with Crippen molar-refractivity contribution in [3.8, 4) is 0 Å². The van der Waals surface area contributed by atoms with Crippen LogP contribution in [-0.2, 0) is 14.8 Å². The van der Waals surface area contributed by atoms with Crippen molar-refractivity contribution in [1.29, 1.82) is 0 Å². The largest absolute Gasteiger partial charge is 0.348 e. The molecule has 2 N–H and O–H groups in total. The standard InChI is InChI=1S/C15H24N2O3S/c18-15-14(11-7-8-12-16-15)21(19,20)17-13-9-5-3-1-2-4-6-10-13/h7-8,11,13,17H,1-6,9-10,12H2,(H,16,18). The summed E-state index contributed by atoms with van der Waals surface area (Å²) in [6.07, 6.45) is 13.3. The maximum absolute atomic E-state index is 12.4. The lowest BCUT2D eigenvalue weighted by Gasteiger charge is -2.18. The Morgan fingerprint density at radius 2 is 1.67 bits per heavy atom. The zero-order valence-electron chi connectivity index (χ0n) is 12.3. The Balaban J connectivity index is 2.06. The summed E-state index contributed by atoms with van der Waals surface area (Å²) in [6.45, 7) is 0.359. The first-order valence-electron chi connectivity index (χ1n) is 7.77. The van der Waals surface area contributed by atoms with E-state index in [2.05, 4.69) is 10.0 Å². The molecular formula is C15H24N2O3S. The molecule has 0 bridgehead atoms. The highest BCUT2D eigenvalue weighted by atomic mass is 32.2. The van der Waals surface area contributed by atoms with Crippen LogP contribution >= 0.6 is 0 Å². The molecule has 1 amide bonds. The maximum atomic E-state index is 12.4. The molecule has 0 unspecified atom stereocenters. The number of sulfonamides is 1. The van der Waals surface area contributed by atoms with Crippen LogP contribution < -0.4 is 10.0 Å². The first-order valence-corrected chi connectivity index (χ1v) is 9.25. The van der Waals surface area contributed by atoms with Crippen LogP contribution in [0.3, 0.4) is 0 Å². The Hall–Kier alpha value is -1.14. The molecule has 0 atom stereocenters. The van der Waals surface area contributed by atoms with Crippen LogP contribution in [0.4, 0.5) is 0 Å². The quantitative estimate of drug-likeness (QED) is 0.836. The number of hydrogen-bond acceptors (Lipinski definition) is 3. The molecule has 2 aliphatic rings. The molecule has 5 nitrogen and oxygen atoms in total. The second kappa shape index (κ2) is 7.75. The van der Waals surface area contributed by atoms with Crippen LogP contribution in [0.5, 0.6) is 0 Å². The van der Waals surface area contributed by atoms with Crippen LogP contribution in [0.1, 0.15) is 51.4 Å². The van der Waals surface area contributed by atoms with Crippen molar-refractivity contribution in [2.24, 2.45) is 0 Å². The molecule has 1 fully saturated rings. The van der Waals surface area contributed by atoms with Gasteiger partial charge in [-0.05, 0) is 18.9 Å². The lowest BCUT2D eigenvalue weighted by Crippen LogP contribution is -2.39. The van der Waals surface area contributed by atoms with E-state index in [1.165, 1.54) is 18.9 Å². The van der Waals surface area contributed by atoms with Crippen LogP contribution in [0, 0.1) is 0 Å². The Morgan fingerprint density at radius 3 is 2.33 bits per heavy atom. The third-order valence-corrected chi connectivity index (χ3v) is 5.50. The topological polar surface area (TPSA) is 75.3 Å². The predicted octanol–water partition coefficient (Wildman–Crippen LogP) is 1.98. The van der Waals surface area contributed by atoms with Crippen LogP contribution in [0.15, 0.2) is 23.1 Å². The summed E-state index contributed by atoms with van der Waals surface area (Å²) < 4.78 is 27.6. The molecular weight excluding hydrogens is 288 g/mol. The number of amides is 1. The number of allylic oxidation sites excluding steroid dienone is 2. The third kappa shape index (κ3) is 4.97. The molecule has 2 rings (SSSR count). The number of carbonyl (C=O) groups is 1. The van der Waals surface area contributed by atoms with Crippen LogP contribution in [-0.4, -0.2) is 26.9 Å². The molecule has 21 heavy (non-hydrogen) atoms. The van der Waals surface area contributed by atoms with Gasteiger partial charge in [0.15, 0.2) is 0 Å². The average Bonchev–Trinajstić information content (AvgIpc) is 2.56. The fraction of sp³-hybridized carbons (Fsp3) is 0.667. The van der Waals surface area contributed by atoms with Crippen LogP contribution in [0.2, 0.25) is 0 Å². The fourth-order valence-electron chi connectivity index (χ4n) is 2.78. The summed E-state index contributed by atoms with van der Waals surface area (Å²) in [4.78, 5) is 11.7. The smallest absolute Gasteiger partial charge is 0.264 e. The minimum absolute atomic E-state index is 0.0611. The molecule has 0 aromatic rings. The molecule has 0 saturated heterocycles. The summed E-state index contributed by atoms with van der Waals surface area (Å²) >= 11 is 0. The van der Waals surface area contributed by atoms with Gasteiger partial charge in [0, 0.05) is 12.6 Å². The van der Waals surface area contributed by atoms with Gasteiger partial charge >= 0.3 is 0 Å². The summed E-state index contributed by atoms with van der Waals surface area (Å²) in [5.41, 5.74) is 0. The fourth-order valence-corrected chi connectivity index (χ4v) is 4.16. The summed E-state index contributed by atoms with van der Waals surface area (Å²) in [5, 5.41) is 2.56. The van der Waals surface area contributed by atoms with Gasteiger partial charge in [-0.2, -0.15) is 0 Å². The molecule has 118 valence electrons. The zero-order valence-corrected chi connectivity index (χ0v) is 13.1. The van der Waals surface area contributed by atoms with E-state index >= 15 is 0 Å². The first kappa shape index (κ1) is 16.2. The lowest BCUT2D eigenvalue weighted by molar-refractivity contribution is -0.116. The van der Waals surface area contributed by atoms with Gasteiger partial charge in [-0.15, -0.1) is 0 Å². The lowest BCUT2D eigenvalue weighted by atomic mass is 10.1. The minimum Gasteiger partial charge on any atom is -0.348 e.